The van der Waals surface area contributed by atoms with Crippen molar-refractivity contribution in [3.05, 3.63) is 65.6 Å². The molecule has 2 aromatic heterocycles. The molecule has 0 bridgehead atoms. The fraction of sp³-hybridized carbons (Fsp3) is 0.375. The van der Waals surface area contributed by atoms with Gasteiger partial charge in [0, 0.05) is 25.2 Å². The Labute approximate surface area is 194 Å². The van der Waals surface area contributed by atoms with E-state index in [4.69, 9.17) is 0 Å². The number of piperidine rings is 1. The quantitative estimate of drug-likeness (QED) is 0.572. The van der Waals surface area contributed by atoms with Crippen molar-refractivity contribution in [2.75, 3.05) is 18.4 Å². The van der Waals surface area contributed by atoms with Gasteiger partial charge in [-0.25, -0.2) is 18.1 Å². The van der Waals surface area contributed by atoms with Crippen LogP contribution in [0.4, 0.5) is 5.69 Å². The number of carbonyl (C=O) groups excluding carboxylic acids is 1. The topological polar surface area (TPSA) is 97.2 Å². The molecule has 1 N–H and O–H groups in total. The zero-order valence-corrected chi connectivity index (χ0v) is 19.8. The molecule has 8 nitrogen and oxygen atoms in total. The van der Waals surface area contributed by atoms with E-state index in [0.29, 0.717) is 35.9 Å². The summed E-state index contributed by atoms with van der Waals surface area (Å²) in [7, 11) is -3.43. The molecule has 0 unspecified atom stereocenters. The van der Waals surface area contributed by atoms with Crippen molar-refractivity contribution in [2.45, 2.75) is 50.8 Å². The molecular weight excluding hydrogens is 438 g/mol. The lowest BCUT2D eigenvalue weighted by Gasteiger charge is -2.25. The second-order valence-electron chi connectivity index (χ2n) is 8.40. The van der Waals surface area contributed by atoms with Gasteiger partial charge < -0.3 is 5.32 Å². The Morgan fingerprint density at radius 3 is 2.36 bits per heavy atom. The van der Waals surface area contributed by atoms with Gasteiger partial charge in [-0.3, -0.25) is 4.79 Å². The van der Waals surface area contributed by atoms with Crippen LogP contribution < -0.4 is 5.32 Å². The first-order valence-corrected chi connectivity index (χ1v) is 12.7. The summed E-state index contributed by atoms with van der Waals surface area (Å²) in [6, 6.07) is 12.4. The fourth-order valence-corrected chi connectivity index (χ4v) is 5.53. The van der Waals surface area contributed by atoms with Crippen molar-refractivity contribution in [1.82, 2.24) is 19.1 Å². The Morgan fingerprint density at radius 1 is 1.03 bits per heavy atom. The number of pyridine rings is 1. The van der Waals surface area contributed by atoms with E-state index in [-0.39, 0.29) is 12.3 Å². The number of aromatic nitrogens is 3. The predicted octanol–water partition coefficient (Wildman–Crippen LogP) is 3.63. The molecule has 1 saturated heterocycles. The van der Waals surface area contributed by atoms with Crippen LogP contribution in [0.1, 0.15) is 42.6 Å². The van der Waals surface area contributed by atoms with E-state index in [0.717, 1.165) is 36.2 Å². The minimum absolute atomic E-state index is 0.124. The van der Waals surface area contributed by atoms with Gasteiger partial charge in [0.1, 0.15) is 0 Å². The summed E-state index contributed by atoms with van der Waals surface area (Å²) in [6.07, 6.45) is 5.33. The van der Waals surface area contributed by atoms with Crippen molar-refractivity contribution in [2.24, 2.45) is 0 Å². The standard InChI is InChI=1S/C24H29N5O3S/c1-18-16-19(2)29(27-18)23-12-9-21(17-25-23)26-24(30)13-8-20-6-10-22(11-7-20)33(31,32)28-14-4-3-5-15-28/h6-7,9-12,16-17H,3-5,8,13-15H2,1-2H3,(H,26,30). The fourth-order valence-electron chi connectivity index (χ4n) is 4.01. The molecule has 4 rings (SSSR count). The number of nitrogens with zero attached hydrogens (tertiary/aromatic N) is 4. The third-order valence-electron chi connectivity index (χ3n) is 5.78. The third-order valence-corrected chi connectivity index (χ3v) is 7.69. The lowest BCUT2D eigenvalue weighted by atomic mass is 10.1. The average Bonchev–Trinajstić information content (AvgIpc) is 3.17. The van der Waals surface area contributed by atoms with E-state index in [1.807, 2.05) is 26.0 Å². The zero-order valence-electron chi connectivity index (χ0n) is 19.0. The van der Waals surface area contributed by atoms with E-state index in [2.05, 4.69) is 15.4 Å². The molecule has 3 aromatic rings. The van der Waals surface area contributed by atoms with Crippen LogP contribution in [0.15, 0.2) is 53.6 Å². The molecule has 1 fully saturated rings. The van der Waals surface area contributed by atoms with Gasteiger partial charge in [-0.05, 0) is 69.0 Å². The molecule has 174 valence electrons. The molecule has 0 aliphatic carbocycles. The van der Waals surface area contributed by atoms with E-state index < -0.39 is 10.0 Å². The summed E-state index contributed by atoms with van der Waals surface area (Å²) in [6.45, 7) is 5.06. The summed E-state index contributed by atoms with van der Waals surface area (Å²) in [4.78, 5) is 17.1. The highest BCUT2D eigenvalue weighted by atomic mass is 32.2. The number of rotatable bonds is 7. The second kappa shape index (κ2) is 9.84. The largest absolute Gasteiger partial charge is 0.325 e. The molecule has 1 aromatic carbocycles. The number of hydrogen-bond donors (Lipinski definition) is 1. The van der Waals surface area contributed by atoms with Gasteiger partial charge in [0.2, 0.25) is 15.9 Å². The van der Waals surface area contributed by atoms with Crippen LogP contribution in [0, 0.1) is 13.8 Å². The number of nitrogens with one attached hydrogen (secondary N) is 1. The molecule has 3 heterocycles. The summed E-state index contributed by atoms with van der Waals surface area (Å²) in [5.41, 5.74) is 3.45. The third kappa shape index (κ3) is 5.48. The van der Waals surface area contributed by atoms with Crippen molar-refractivity contribution in [3.63, 3.8) is 0 Å². The summed E-state index contributed by atoms with van der Waals surface area (Å²) >= 11 is 0. The van der Waals surface area contributed by atoms with Gasteiger partial charge in [-0.1, -0.05) is 18.6 Å². The maximum atomic E-state index is 12.8. The molecular formula is C24H29N5O3S. The molecule has 0 atom stereocenters. The first kappa shape index (κ1) is 23.1. The number of amides is 1. The van der Waals surface area contributed by atoms with Crippen LogP contribution in [0.3, 0.4) is 0 Å². The van der Waals surface area contributed by atoms with Crippen molar-refractivity contribution in [3.8, 4) is 5.82 Å². The minimum atomic E-state index is -3.43. The Morgan fingerprint density at radius 2 is 1.76 bits per heavy atom. The van der Waals surface area contributed by atoms with Crippen LogP contribution in [-0.2, 0) is 21.2 Å². The van der Waals surface area contributed by atoms with Gasteiger partial charge in [0.05, 0.1) is 22.5 Å². The molecule has 0 radical (unpaired) electrons. The van der Waals surface area contributed by atoms with Crippen molar-refractivity contribution >= 4 is 21.6 Å². The first-order valence-electron chi connectivity index (χ1n) is 11.2. The lowest BCUT2D eigenvalue weighted by molar-refractivity contribution is -0.116. The first-order chi connectivity index (χ1) is 15.8. The molecule has 1 aliphatic rings. The minimum Gasteiger partial charge on any atom is -0.325 e. The molecule has 1 amide bonds. The number of aryl methyl sites for hydroxylation is 3. The zero-order chi connectivity index (χ0) is 23.4. The monoisotopic (exact) mass is 467 g/mol. The molecule has 0 spiro atoms. The highest BCUT2D eigenvalue weighted by Crippen LogP contribution is 2.21. The summed E-state index contributed by atoms with van der Waals surface area (Å²) in [5, 5.41) is 7.26. The van der Waals surface area contributed by atoms with Crippen LogP contribution in [0.5, 0.6) is 0 Å². The van der Waals surface area contributed by atoms with Crippen LogP contribution >= 0.6 is 0 Å². The Kier molecular flexibility index (Phi) is 6.90. The number of benzene rings is 1. The maximum absolute atomic E-state index is 12.8. The highest BCUT2D eigenvalue weighted by molar-refractivity contribution is 7.89. The molecule has 0 saturated carbocycles. The van der Waals surface area contributed by atoms with Crippen molar-refractivity contribution < 1.29 is 13.2 Å². The van der Waals surface area contributed by atoms with Gasteiger partial charge in [0.15, 0.2) is 5.82 Å². The summed E-state index contributed by atoms with van der Waals surface area (Å²) in [5.74, 6) is 0.568. The van der Waals surface area contributed by atoms with Gasteiger partial charge in [-0.2, -0.15) is 9.40 Å². The average molecular weight is 468 g/mol. The SMILES string of the molecule is Cc1cc(C)n(-c2ccc(NC(=O)CCc3ccc(S(=O)(=O)N4CCCCC4)cc3)cn2)n1. The van der Waals surface area contributed by atoms with Crippen LogP contribution in [-0.4, -0.2) is 46.5 Å². The second-order valence-corrected chi connectivity index (χ2v) is 10.3. The highest BCUT2D eigenvalue weighted by Gasteiger charge is 2.25. The van der Waals surface area contributed by atoms with Crippen molar-refractivity contribution in [1.29, 1.82) is 0 Å². The van der Waals surface area contributed by atoms with E-state index in [9.17, 15) is 13.2 Å². The number of sulfonamides is 1. The lowest BCUT2D eigenvalue weighted by Crippen LogP contribution is -2.35. The van der Waals surface area contributed by atoms with E-state index in [1.54, 1.807) is 45.5 Å². The summed E-state index contributed by atoms with van der Waals surface area (Å²) < 4.78 is 28.8. The van der Waals surface area contributed by atoms with E-state index >= 15 is 0 Å². The van der Waals surface area contributed by atoms with E-state index in [1.165, 1.54) is 0 Å². The van der Waals surface area contributed by atoms with Crippen LogP contribution in [0.2, 0.25) is 0 Å². The maximum Gasteiger partial charge on any atom is 0.243 e. The molecule has 33 heavy (non-hydrogen) atoms. The Balaban J connectivity index is 1.31. The van der Waals surface area contributed by atoms with Gasteiger partial charge in [-0.15, -0.1) is 0 Å². The molecule has 1 aliphatic heterocycles. The van der Waals surface area contributed by atoms with Crippen LogP contribution in [0.25, 0.3) is 5.82 Å². The smallest absolute Gasteiger partial charge is 0.243 e. The predicted molar refractivity (Wildman–Crippen MR) is 127 cm³/mol. The van der Waals surface area contributed by atoms with Gasteiger partial charge >= 0.3 is 0 Å². The Hall–Kier alpha value is -3.04. The van der Waals surface area contributed by atoms with Gasteiger partial charge in [0.25, 0.3) is 0 Å². The number of carbonyl (C=O) groups is 1. The Bertz CT molecular complexity index is 1210. The molecule has 9 heteroatoms. The normalized spacial score (nSPS) is 14.8. The number of anilines is 1. The number of hydrogen-bond acceptors (Lipinski definition) is 5.